The van der Waals surface area contributed by atoms with Crippen molar-refractivity contribution in [3.05, 3.63) is 162 Å². The molecule has 0 atom stereocenters. The van der Waals surface area contributed by atoms with E-state index in [4.69, 9.17) is 32.7 Å². The summed E-state index contributed by atoms with van der Waals surface area (Å²) in [5.74, 6) is 4.54. The van der Waals surface area contributed by atoms with Crippen LogP contribution in [0.5, 0.6) is 17.2 Å². The quantitative estimate of drug-likeness (QED) is 0.0451. The third kappa shape index (κ3) is 14.9. The maximum atomic E-state index is 11.4. The Morgan fingerprint density at radius 2 is 0.861 bits per heavy atom. The van der Waals surface area contributed by atoms with E-state index in [0.29, 0.717) is 34.8 Å². The van der Waals surface area contributed by atoms with Gasteiger partial charge in [0.15, 0.2) is 5.12 Å². The summed E-state index contributed by atoms with van der Waals surface area (Å²) in [6.45, 7) is 4.38. The molecule has 0 amide bonds. The highest BCUT2D eigenvalue weighted by molar-refractivity contribution is 8.12. The number of halogens is 2. The van der Waals surface area contributed by atoms with Crippen LogP contribution < -0.4 is 9.47 Å². The summed E-state index contributed by atoms with van der Waals surface area (Å²) < 4.78 is 16.3. The SMILES string of the molecule is CC(=O)Oc1cc(SCc2cc(CCl)nn2C)cc2ccccc12.CC(=O)Oc1cc(SCc2cc(CSC(C)=O)nn2C)cc2ccccc12.Cn1nc(CCl)cc1CSc1cc(O)c2ccccc2c1. The summed E-state index contributed by atoms with van der Waals surface area (Å²) in [6, 6.07) is 41.5. The molecule has 3 aromatic heterocycles. The number of aryl methyl sites for hydroxylation is 3. The second-order valence-electron chi connectivity index (χ2n) is 16.3. The Morgan fingerprint density at radius 1 is 0.500 bits per heavy atom. The molecule has 372 valence electrons. The first-order valence-electron chi connectivity index (χ1n) is 22.5. The van der Waals surface area contributed by atoms with E-state index < -0.39 is 0 Å². The number of ether oxygens (including phenoxy) is 2. The maximum absolute atomic E-state index is 11.4. The fourth-order valence-corrected chi connectivity index (χ4v) is 11.2. The number of nitrogens with zero attached hydrogens (tertiary/aromatic N) is 6. The smallest absolute Gasteiger partial charge is 0.308 e. The number of aromatic nitrogens is 6. The number of fused-ring (bicyclic) bond motifs is 3. The molecule has 0 aliphatic carbocycles. The fourth-order valence-electron chi connectivity index (χ4n) is 7.46. The standard InChI is InChI=1S/C20H20N2O3S2.C18H17ClN2O2S.C16H15ClN2OS/c1-13(23)25-20-10-18(8-15-6-4-5-7-19(15)20)27-12-17-9-16(21-22(17)3)11-26-14(2)24;1-12(22)23-18-9-16(7-13-5-3-4-6-17(13)18)24-11-15-8-14(10-19)20-21(15)2;1-19-13(7-12(9-17)18-19)10-21-14-6-11-4-2-3-5-15(11)16(20)8-14/h4-10H,11-12H2,1-3H3;3-9H,10-11H2,1-2H3;2-8,20H,9-10H2,1H3. The van der Waals surface area contributed by atoms with Crippen LogP contribution in [0.25, 0.3) is 32.3 Å². The summed E-state index contributed by atoms with van der Waals surface area (Å²) in [7, 11) is 5.74. The molecule has 6 aromatic carbocycles. The Bertz CT molecular complexity index is 3380. The van der Waals surface area contributed by atoms with Gasteiger partial charge in [-0.3, -0.25) is 28.4 Å². The number of thioether (sulfide) groups is 4. The Hall–Kier alpha value is -5.88. The molecule has 0 saturated carbocycles. The highest BCUT2D eigenvalue weighted by Gasteiger charge is 2.13. The van der Waals surface area contributed by atoms with Crippen LogP contribution in [0.1, 0.15) is 54.9 Å². The zero-order chi connectivity index (χ0) is 51.3. The molecule has 0 fully saturated rings. The number of alkyl halides is 2. The molecule has 12 nitrogen and oxygen atoms in total. The molecule has 1 N–H and O–H groups in total. The van der Waals surface area contributed by atoms with E-state index in [-0.39, 0.29) is 17.1 Å². The van der Waals surface area contributed by atoms with Gasteiger partial charge in [-0.2, -0.15) is 15.3 Å². The van der Waals surface area contributed by atoms with E-state index in [9.17, 15) is 19.5 Å². The van der Waals surface area contributed by atoms with Crippen molar-refractivity contribution >= 4 is 120 Å². The minimum absolute atomic E-state index is 0.0887. The van der Waals surface area contributed by atoms with Crippen molar-refractivity contribution in [3.8, 4) is 17.2 Å². The van der Waals surface area contributed by atoms with E-state index >= 15 is 0 Å². The van der Waals surface area contributed by atoms with Crippen LogP contribution in [0.15, 0.2) is 142 Å². The second-order valence-corrected chi connectivity index (χ2v) is 21.1. The van der Waals surface area contributed by atoms with E-state index in [1.165, 1.54) is 25.6 Å². The molecule has 0 aliphatic rings. The minimum atomic E-state index is -0.332. The molecule has 0 unspecified atom stereocenters. The third-order valence-corrected chi connectivity index (χ3v) is 15.3. The van der Waals surface area contributed by atoms with Gasteiger partial charge in [0.2, 0.25) is 0 Å². The van der Waals surface area contributed by atoms with Gasteiger partial charge in [-0.1, -0.05) is 84.6 Å². The molecule has 0 aliphatic heterocycles. The van der Waals surface area contributed by atoms with Gasteiger partial charge in [0.05, 0.1) is 28.8 Å². The lowest BCUT2D eigenvalue weighted by Crippen LogP contribution is -2.02. The second kappa shape index (κ2) is 25.7. The summed E-state index contributed by atoms with van der Waals surface area (Å²) in [5.41, 5.74) is 5.93. The highest BCUT2D eigenvalue weighted by atomic mass is 35.5. The van der Waals surface area contributed by atoms with Crippen molar-refractivity contribution in [2.45, 2.75) is 70.2 Å². The first-order chi connectivity index (χ1) is 34.7. The van der Waals surface area contributed by atoms with Crippen LogP contribution in [0.2, 0.25) is 0 Å². The van der Waals surface area contributed by atoms with Gasteiger partial charge in [0.25, 0.3) is 0 Å². The lowest BCUT2D eigenvalue weighted by Gasteiger charge is -2.10. The fraction of sp³-hybridized carbons (Fsp3) is 0.222. The Kier molecular flexibility index (Phi) is 19.2. The summed E-state index contributed by atoms with van der Waals surface area (Å²) in [4.78, 5) is 37.0. The van der Waals surface area contributed by atoms with E-state index in [1.807, 2.05) is 144 Å². The van der Waals surface area contributed by atoms with Crippen molar-refractivity contribution in [1.29, 1.82) is 0 Å². The molecular weight excluding hydrogens is 1030 g/mol. The van der Waals surface area contributed by atoms with E-state index in [2.05, 4.69) is 33.5 Å². The number of benzene rings is 6. The average molecular weight is 1080 g/mol. The van der Waals surface area contributed by atoms with Gasteiger partial charge < -0.3 is 14.6 Å². The zero-order valence-corrected chi connectivity index (χ0v) is 45.2. The van der Waals surface area contributed by atoms with Crippen molar-refractivity contribution in [2.75, 3.05) is 0 Å². The third-order valence-electron chi connectivity index (χ3n) is 10.9. The Morgan fingerprint density at radius 3 is 1.25 bits per heavy atom. The Labute approximate surface area is 445 Å². The van der Waals surface area contributed by atoms with Gasteiger partial charge in [0, 0.05) is 113 Å². The lowest BCUT2D eigenvalue weighted by molar-refractivity contribution is -0.132. The van der Waals surface area contributed by atoms with Crippen LogP contribution in [0.4, 0.5) is 0 Å². The van der Waals surface area contributed by atoms with Gasteiger partial charge in [-0.15, -0.1) is 58.5 Å². The predicted octanol–water partition coefficient (Wildman–Crippen LogP) is 13.4. The van der Waals surface area contributed by atoms with Crippen LogP contribution in [0, 0.1) is 0 Å². The van der Waals surface area contributed by atoms with Crippen molar-refractivity contribution in [3.63, 3.8) is 0 Å². The number of phenols is 1. The van der Waals surface area contributed by atoms with Crippen LogP contribution in [-0.4, -0.2) is 51.5 Å². The highest BCUT2D eigenvalue weighted by Crippen LogP contribution is 2.36. The topological polar surface area (TPSA) is 143 Å². The molecule has 72 heavy (non-hydrogen) atoms. The van der Waals surface area contributed by atoms with Crippen molar-refractivity contribution < 1.29 is 29.0 Å². The first-order valence-corrected chi connectivity index (χ1v) is 27.5. The summed E-state index contributed by atoms with van der Waals surface area (Å²) >= 11 is 17.9. The number of esters is 2. The van der Waals surface area contributed by atoms with Gasteiger partial charge in [-0.25, -0.2) is 0 Å². The number of phenolic OH excluding ortho intramolecular Hbond substituents is 1. The molecule has 0 saturated heterocycles. The zero-order valence-electron chi connectivity index (χ0n) is 40.4. The van der Waals surface area contributed by atoms with Gasteiger partial charge >= 0.3 is 11.9 Å². The monoisotopic (exact) mass is 1080 g/mol. The average Bonchev–Trinajstić information content (AvgIpc) is 4.05. The first kappa shape index (κ1) is 53.9. The molecule has 18 heteroatoms. The van der Waals surface area contributed by atoms with Crippen LogP contribution >= 0.6 is 70.2 Å². The molecular formula is C54H52Cl2N6O6S4. The predicted molar refractivity (Wildman–Crippen MR) is 296 cm³/mol. The number of carbonyl (C=O) groups is 3. The van der Waals surface area contributed by atoms with Crippen molar-refractivity contribution in [1.82, 2.24) is 29.3 Å². The van der Waals surface area contributed by atoms with E-state index in [1.54, 1.807) is 42.2 Å². The molecule has 9 rings (SSSR count). The number of rotatable bonds is 15. The number of hydrogen-bond acceptors (Lipinski definition) is 13. The maximum Gasteiger partial charge on any atom is 0.308 e. The number of hydrogen-bond donors (Lipinski definition) is 1. The normalized spacial score (nSPS) is 11.0. The summed E-state index contributed by atoms with van der Waals surface area (Å²) in [6.07, 6.45) is 0. The largest absolute Gasteiger partial charge is 0.507 e. The minimum Gasteiger partial charge on any atom is -0.507 e. The number of carbonyl (C=O) groups excluding carboxylic acids is 3. The lowest BCUT2D eigenvalue weighted by atomic mass is 10.1. The van der Waals surface area contributed by atoms with Crippen molar-refractivity contribution in [2.24, 2.45) is 21.1 Å². The van der Waals surface area contributed by atoms with Crippen LogP contribution in [0.3, 0.4) is 0 Å². The van der Waals surface area contributed by atoms with Gasteiger partial charge in [0.1, 0.15) is 17.2 Å². The van der Waals surface area contributed by atoms with Gasteiger partial charge in [-0.05, 0) is 70.8 Å². The molecule has 0 bridgehead atoms. The number of aromatic hydroxyl groups is 1. The van der Waals surface area contributed by atoms with E-state index in [0.717, 1.165) is 98.4 Å². The molecule has 3 heterocycles. The molecule has 9 aromatic rings. The van der Waals surface area contributed by atoms with Crippen LogP contribution in [-0.2, 0) is 70.3 Å². The Balaban J connectivity index is 0.000000160. The molecule has 0 radical (unpaired) electrons. The molecule has 0 spiro atoms. The summed E-state index contributed by atoms with van der Waals surface area (Å²) in [5, 5.41) is 29.2.